The van der Waals surface area contributed by atoms with E-state index in [9.17, 15) is 4.39 Å². The van der Waals surface area contributed by atoms with E-state index >= 15 is 0 Å². The Kier molecular flexibility index (Phi) is 6.59. The largest absolute Gasteiger partial charge is 0.439 e. The standard InChI is InChI=1S/C25H26FNO/c1-3-25(4-2,20-15-17-21(26)18-16-20)19-9-11-22-10-8-14-24(27-22)28-23-12-6-5-7-13-23/h3,5-8,10,12-18H,1,4,9,11,19H2,2H3. The van der Waals surface area contributed by atoms with Crippen LogP contribution in [0.1, 0.15) is 37.4 Å². The van der Waals surface area contributed by atoms with Crippen molar-refractivity contribution in [1.82, 2.24) is 4.98 Å². The van der Waals surface area contributed by atoms with Gasteiger partial charge in [-0.2, -0.15) is 0 Å². The first-order chi connectivity index (χ1) is 13.6. The number of hydrogen-bond acceptors (Lipinski definition) is 2. The van der Waals surface area contributed by atoms with Gasteiger partial charge in [0.1, 0.15) is 11.6 Å². The van der Waals surface area contributed by atoms with E-state index in [1.807, 2.05) is 66.7 Å². The lowest BCUT2D eigenvalue weighted by Gasteiger charge is -2.30. The zero-order valence-corrected chi connectivity index (χ0v) is 16.3. The minimum Gasteiger partial charge on any atom is -0.439 e. The van der Waals surface area contributed by atoms with Crippen molar-refractivity contribution in [2.45, 2.75) is 38.0 Å². The number of hydrogen-bond donors (Lipinski definition) is 0. The highest BCUT2D eigenvalue weighted by atomic mass is 19.1. The Bertz CT molecular complexity index is 892. The van der Waals surface area contributed by atoms with Crippen molar-refractivity contribution in [1.29, 1.82) is 0 Å². The van der Waals surface area contributed by atoms with Crippen molar-refractivity contribution >= 4 is 0 Å². The third-order valence-electron chi connectivity index (χ3n) is 5.24. The molecule has 1 unspecified atom stereocenters. The van der Waals surface area contributed by atoms with Gasteiger partial charge in [-0.25, -0.2) is 9.37 Å². The Morgan fingerprint density at radius 2 is 1.75 bits per heavy atom. The molecule has 0 bridgehead atoms. The van der Waals surface area contributed by atoms with Crippen molar-refractivity contribution in [2.24, 2.45) is 0 Å². The molecule has 144 valence electrons. The van der Waals surface area contributed by atoms with Gasteiger partial charge in [0.2, 0.25) is 5.88 Å². The summed E-state index contributed by atoms with van der Waals surface area (Å²) in [6, 6.07) is 22.3. The third kappa shape index (κ3) is 4.86. The number of para-hydroxylation sites is 1. The first-order valence-corrected chi connectivity index (χ1v) is 9.74. The van der Waals surface area contributed by atoms with Crippen LogP contribution >= 0.6 is 0 Å². The van der Waals surface area contributed by atoms with E-state index in [1.54, 1.807) is 0 Å². The van der Waals surface area contributed by atoms with Crippen molar-refractivity contribution in [3.63, 3.8) is 0 Å². The van der Waals surface area contributed by atoms with E-state index in [1.165, 1.54) is 12.1 Å². The van der Waals surface area contributed by atoms with Gasteiger partial charge in [0.05, 0.1) is 0 Å². The molecule has 0 aliphatic heterocycles. The van der Waals surface area contributed by atoms with Crippen LogP contribution in [0.25, 0.3) is 0 Å². The highest BCUT2D eigenvalue weighted by Gasteiger charge is 2.26. The van der Waals surface area contributed by atoms with E-state index in [-0.39, 0.29) is 11.2 Å². The summed E-state index contributed by atoms with van der Waals surface area (Å²) in [5, 5.41) is 0. The van der Waals surface area contributed by atoms with E-state index < -0.39 is 0 Å². The summed E-state index contributed by atoms with van der Waals surface area (Å²) < 4.78 is 19.1. The maximum atomic E-state index is 13.3. The van der Waals surface area contributed by atoms with Crippen LogP contribution in [0.3, 0.4) is 0 Å². The Morgan fingerprint density at radius 1 is 1.00 bits per heavy atom. The second-order valence-electron chi connectivity index (χ2n) is 6.96. The first-order valence-electron chi connectivity index (χ1n) is 9.74. The van der Waals surface area contributed by atoms with Gasteiger partial charge in [0, 0.05) is 17.2 Å². The molecule has 0 saturated heterocycles. The quantitative estimate of drug-likeness (QED) is 0.381. The lowest BCUT2D eigenvalue weighted by molar-refractivity contribution is 0.448. The molecule has 0 amide bonds. The van der Waals surface area contributed by atoms with Gasteiger partial charge in [-0.1, -0.05) is 49.4 Å². The molecule has 0 aliphatic rings. The van der Waals surface area contributed by atoms with Gasteiger partial charge in [0.15, 0.2) is 0 Å². The van der Waals surface area contributed by atoms with Crippen LogP contribution in [0.15, 0.2) is 85.5 Å². The molecule has 0 saturated carbocycles. The fraction of sp³-hybridized carbons (Fsp3) is 0.240. The summed E-state index contributed by atoms with van der Waals surface area (Å²) in [5.41, 5.74) is 1.97. The van der Waals surface area contributed by atoms with Gasteiger partial charge in [-0.3, -0.25) is 0 Å². The van der Waals surface area contributed by atoms with Crippen molar-refractivity contribution in [3.05, 3.63) is 103 Å². The Labute approximate surface area is 166 Å². The van der Waals surface area contributed by atoms with Crippen LogP contribution in [0, 0.1) is 5.82 Å². The smallest absolute Gasteiger partial charge is 0.219 e. The number of aryl methyl sites for hydroxylation is 1. The van der Waals surface area contributed by atoms with Crippen LogP contribution in [-0.2, 0) is 11.8 Å². The zero-order valence-electron chi connectivity index (χ0n) is 16.3. The predicted octanol–water partition coefficient (Wildman–Crippen LogP) is 6.87. The number of halogens is 1. The molecule has 28 heavy (non-hydrogen) atoms. The SMILES string of the molecule is C=CC(CC)(CCCc1cccc(Oc2ccccc2)n1)c1ccc(F)cc1. The van der Waals surface area contributed by atoms with Crippen LogP contribution in [-0.4, -0.2) is 4.98 Å². The molecule has 3 rings (SSSR count). The molecule has 0 N–H and O–H groups in total. The maximum Gasteiger partial charge on any atom is 0.219 e. The first kappa shape index (κ1) is 19.8. The molecular weight excluding hydrogens is 349 g/mol. The maximum absolute atomic E-state index is 13.3. The molecule has 2 aromatic carbocycles. The molecular formula is C25H26FNO. The number of aromatic nitrogens is 1. The lowest BCUT2D eigenvalue weighted by Crippen LogP contribution is -2.22. The molecule has 0 spiro atoms. The summed E-state index contributed by atoms with van der Waals surface area (Å²) in [4.78, 5) is 4.63. The Balaban J connectivity index is 1.65. The summed E-state index contributed by atoms with van der Waals surface area (Å²) in [5.74, 6) is 1.17. The molecule has 3 heteroatoms. The second kappa shape index (κ2) is 9.32. The summed E-state index contributed by atoms with van der Waals surface area (Å²) in [7, 11) is 0. The summed E-state index contributed by atoms with van der Waals surface area (Å²) in [6.45, 7) is 6.21. The zero-order chi connectivity index (χ0) is 19.8. The van der Waals surface area contributed by atoms with E-state index in [2.05, 4.69) is 18.5 Å². The number of ether oxygens (including phenoxy) is 1. The fourth-order valence-corrected chi connectivity index (χ4v) is 3.52. The van der Waals surface area contributed by atoms with Crippen LogP contribution in [0.4, 0.5) is 4.39 Å². The number of benzene rings is 2. The molecule has 0 fully saturated rings. The highest BCUT2D eigenvalue weighted by Crippen LogP contribution is 2.35. The van der Waals surface area contributed by atoms with Crippen molar-refractivity contribution in [3.8, 4) is 11.6 Å². The van der Waals surface area contributed by atoms with Gasteiger partial charge >= 0.3 is 0 Å². The monoisotopic (exact) mass is 375 g/mol. The average molecular weight is 375 g/mol. The molecule has 0 radical (unpaired) electrons. The minimum absolute atomic E-state index is 0.147. The van der Waals surface area contributed by atoms with Crippen molar-refractivity contribution in [2.75, 3.05) is 0 Å². The minimum atomic E-state index is -0.211. The number of pyridine rings is 1. The predicted molar refractivity (Wildman–Crippen MR) is 112 cm³/mol. The molecule has 1 atom stereocenters. The van der Waals surface area contributed by atoms with Gasteiger partial charge < -0.3 is 4.74 Å². The van der Waals surface area contributed by atoms with E-state index in [0.29, 0.717) is 5.88 Å². The van der Waals surface area contributed by atoms with Gasteiger partial charge in [-0.15, -0.1) is 6.58 Å². The summed E-state index contributed by atoms with van der Waals surface area (Å²) in [6.07, 6.45) is 5.67. The highest BCUT2D eigenvalue weighted by molar-refractivity contribution is 5.31. The Hall–Kier alpha value is -2.94. The molecule has 1 heterocycles. The van der Waals surface area contributed by atoms with Gasteiger partial charge in [-0.05, 0) is 61.6 Å². The second-order valence-corrected chi connectivity index (χ2v) is 6.96. The molecule has 1 aromatic heterocycles. The molecule has 0 aliphatic carbocycles. The van der Waals surface area contributed by atoms with E-state index in [4.69, 9.17) is 4.74 Å². The number of allylic oxidation sites excluding steroid dienone is 1. The normalized spacial score (nSPS) is 12.9. The molecule has 3 aromatic rings. The Morgan fingerprint density at radius 3 is 2.43 bits per heavy atom. The van der Waals surface area contributed by atoms with Crippen LogP contribution < -0.4 is 4.74 Å². The lowest BCUT2D eigenvalue weighted by atomic mass is 9.74. The van der Waals surface area contributed by atoms with E-state index in [0.717, 1.165) is 42.7 Å². The van der Waals surface area contributed by atoms with Crippen LogP contribution in [0.5, 0.6) is 11.6 Å². The van der Waals surface area contributed by atoms with Crippen molar-refractivity contribution < 1.29 is 9.13 Å². The number of nitrogens with zero attached hydrogens (tertiary/aromatic N) is 1. The molecule has 2 nitrogen and oxygen atoms in total. The topological polar surface area (TPSA) is 22.1 Å². The fourth-order valence-electron chi connectivity index (χ4n) is 3.52. The van der Waals surface area contributed by atoms with Crippen LogP contribution in [0.2, 0.25) is 0 Å². The third-order valence-corrected chi connectivity index (χ3v) is 5.24. The average Bonchev–Trinajstić information content (AvgIpc) is 2.73. The van der Waals surface area contributed by atoms with Gasteiger partial charge in [0.25, 0.3) is 0 Å². The summed E-state index contributed by atoms with van der Waals surface area (Å²) >= 11 is 0. The number of rotatable bonds is 9.